The van der Waals surface area contributed by atoms with Crippen molar-refractivity contribution in [1.82, 2.24) is 4.31 Å². The van der Waals surface area contributed by atoms with E-state index in [1.807, 2.05) is 0 Å². The first kappa shape index (κ1) is 12.9. The Morgan fingerprint density at radius 3 is 2.58 bits per heavy atom. The summed E-state index contributed by atoms with van der Waals surface area (Å²) in [6.45, 7) is 0.975. The van der Waals surface area contributed by atoms with Crippen molar-refractivity contribution in [2.75, 3.05) is 18.8 Å². The van der Waals surface area contributed by atoms with Crippen LogP contribution in [0, 0.1) is 0 Å². The van der Waals surface area contributed by atoms with Crippen LogP contribution in [0.5, 0.6) is 0 Å². The number of hydrogen-bond acceptors (Lipinski definition) is 4. The van der Waals surface area contributed by atoms with Crippen LogP contribution in [-0.4, -0.2) is 38.0 Å². The van der Waals surface area contributed by atoms with Gasteiger partial charge in [0.1, 0.15) is 0 Å². The van der Waals surface area contributed by atoms with Gasteiger partial charge in [0.05, 0.1) is 18.0 Å². The molecular weight excluding hydrogens is 264 g/mol. The largest absolute Gasteiger partial charge is 0.399 e. The van der Waals surface area contributed by atoms with E-state index in [0.29, 0.717) is 18.8 Å². The number of ether oxygens (including phenoxy) is 1. The Morgan fingerprint density at radius 2 is 1.95 bits per heavy atom. The summed E-state index contributed by atoms with van der Waals surface area (Å²) in [6.07, 6.45) is 2.09. The highest BCUT2D eigenvalue weighted by Crippen LogP contribution is 2.28. The van der Waals surface area contributed by atoms with Crippen molar-refractivity contribution >= 4 is 15.7 Å². The molecule has 1 aromatic rings. The molecule has 0 saturated carbocycles. The van der Waals surface area contributed by atoms with E-state index in [9.17, 15) is 8.42 Å². The van der Waals surface area contributed by atoms with E-state index < -0.39 is 10.0 Å². The minimum Gasteiger partial charge on any atom is -0.399 e. The number of sulfonamides is 1. The Labute approximate surface area is 113 Å². The van der Waals surface area contributed by atoms with Gasteiger partial charge in [-0.15, -0.1) is 0 Å². The zero-order valence-corrected chi connectivity index (χ0v) is 11.5. The fraction of sp³-hybridized carbons (Fsp3) is 0.538. The van der Waals surface area contributed by atoms with Gasteiger partial charge >= 0.3 is 0 Å². The lowest BCUT2D eigenvalue weighted by Gasteiger charge is -2.31. The van der Waals surface area contributed by atoms with Gasteiger partial charge in [-0.1, -0.05) is 12.1 Å². The summed E-state index contributed by atoms with van der Waals surface area (Å²) in [5, 5.41) is 0. The molecule has 2 bridgehead atoms. The lowest BCUT2D eigenvalue weighted by molar-refractivity contribution is -0.0115. The Kier molecular flexibility index (Phi) is 3.24. The molecule has 2 saturated heterocycles. The van der Waals surface area contributed by atoms with Gasteiger partial charge in [-0.05, 0) is 30.5 Å². The summed E-state index contributed by atoms with van der Waals surface area (Å²) in [6, 6.07) is 7.05. The predicted octanol–water partition coefficient (Wildman–Crippen LogP) is 0.962. The van der Waals surface area contributed by atoms with Crippen LogP contribution in [0.15, 0.2) is 24.3 Å². The van der Waals surface area contributed by atoms with E-state index in [-0.39, 0.29) is 18.0 Å². The summed E-state index contributed by atoms with van der Waals surface area (Å²) >= 11 is 0. The molecule has 0 aliphatic carbocycles. The number of nitrogens with two attached hydrogens (primary N) is 1. The van der Waals surface area contributed by atoms with E-state index >= 15 is 0 Å². The van der Waals surface area contributed by atoms with Gasteiger partial charge < -0.3 is 10.5 Å². The molecule has 19 heavy (non-hydrogen) atoms. The highest BCUT2D eigenvalue weighted by atomic mass is 32.2. The molecule has 6 heteroatoms. The molecule has 2 fully saturated rings. The number of morpholine rings is 1. The maximum atomic E-state index is 12.4. The summed E-state index contributed by atoms with van der Waals surface area (Å²) in [7, 11) is -3.28. The first-order valence-electron chi connectivity index (χ1n) is 6.51. The second-order valence-electron chi connectivity index (χ2n) is 5.28. The number of benzene rings is 1. The molecule has 1 aromatic carbocycles. The number of hydrogen-bond donors (Lipinski definition) is 1. The smallest absolute Gasteiger partial charge is 0.218 e. The lowest BCUT2D eigenvalue weighted by Crippen LogP contribution is -2.46. The molecule has 2 unspecified atom stereocenters. The molecule has 2 N–H and O–H groups in total. The van der Waals surface area contributed by atoms with Crippen molar-refractivity contribution in [1.29, 1.82) is 0 Å². The Bertz CT molecular complexity index is 561. The number of nitrogens with zero attached hydrogens (tertiary/aromatic N) is 1. The summed E-state index contributed by atoms with van der Waals surface area (Å²) in [5.41, 5.74) is 7.01. The van der Waals surface area contributed by atoms with Gasteiger partial charge in [-0.3, -0.25) is 0 Å². The van der Waals surface area contributed by atoms with Crippen molar-refractivity contribution in [3.63, 3.8) is 0 Å². The molecule has 2 atom stereocenters. The number of fused-ring (bicyclic) bond motifs is 2. The van der Waals surface area contributed by atoms with Crippen LogP contribution in [0.2, 0.25) is 0 Å². The van der Waals surface area contributed by atoms with E-state index in [4.69, 9.17) is 10.5 Å². The summed E-state index contributed by atoms with van der Waals surface area (Å²) < 4.78 is 32.1. The second kappa shape index (κ2) is 4.77. The molecule has 5 nitrogen and oxygen atoms in total. The van der Waals surface area contributed by atoms with Gasteiger partial charge in [0.25, 0.3) is 0 Å². The Balaban J connectivity index is 1.76. The first-order chi connectivity index (χ1) is 9.03. The van der Waals surface area contributed by atoms with Gasteiger partial charge in [0, 0.05) is 18.8 Å². The molecule has 0 spiro atoms. The highest BCUT2D eigenvalue weighted by molar-refractivity contribution is 7.88. The normalized spacial score (nSPS) is 27.6. The van der Waals surface area contributed by atoms with Crippen molar-refractivity contribution in [2.24, 2.45) is 0 Å². The predicted molar refractivity (Wildman–Crippen MR) is 72.9 cm³/mol. The third-order valence-electron chi connectivity index (χ3n) is 3.70. The highest BCUT2D eigenvalue weighted by Gasteiger charge is 2.38. The van der Waals surface area contributed by atoms with Crippen LogP contribution in [0.25, 0.3) is 0 Å². The zero-order valence-electron chi connectivity index (χ0n) is 10.7. The fourth-order valence-electron chi connectivity index (χ4n) is 2.79. The van der Waals surface area contributed by atoms with Gasteiger partial charge in [-0.25, -0.2) is 8.42 Å². The number of anilines is 1. The molecule has 2 aliphatic rings. The van der Waals surface area contributed by atoms with Crippen LogP contribution < -0.4 is 5.73 Å². The van der Waals surface area contributed by atoms with Crippen LogP contribution in [0.1, 0.15) is 18.4 Å². The quantitative estimate of drug-likeness (QED) is 0.838. The van der Waals surface area contributed by atoms with Gasteiger partial charge in [0.15, 0.2) is 0 Å². The average Bonchev–Trinajstić information content (AvgIpc) is 2.67. The van der Waals surface area contributed by atoms with Crippen molar-refractivity contribution in [3.05, 3.63) is 29.8 Å². The van der Waals surface area contributed by atoms with Crippen LogP contribution in [-0.2, 0) is 20.5 Å². The molecule has 2 aliphatic heterocycles. The number of nitrogen functional groups attached to an aromatic ring is 1. The van der Waals surface area contributed by atoms with E-state index in [2.05, 4.69) is 0 Å². The molecule has 0 radical (unpaired) electrons. The molecular formula is C13H18N2O3S. The molecule has 2 heterocycles. The minimum absolute atomic E-state index is 0.0114. The van der Waals surface area contributed by atoms with E-state index in [1.165, 1.54) is 0 Å². The monoisotopic (exact) mass is 282 g/mol. The maximum absolute atomic E-state index is 12.4. The SMILES string of the molecule is Nc1cccc(CS(=O)(=O)N2CC3CCC(C2)O3)c1. The Morgan fingerprint density at radius 1 is 1.26 bits per heavy atom. The topological polar surface area (TPSA) is 72.6 Å². The number of rotatable bonds is 3. The van der Waals surface area contributed by atoms with Crippen molar-refractivity contribution in [2.45, 2.75) is 30.8 Å². The second-order valence-corrected chi connectivity index (χ2v) is 7.24. The van der Waals surface area contributed by atoms with Gasteiger partial charge in [0.2, 0.25) is 10.0 Å². The van der Waals surface area contributed by atoms with Crippen molar-refractivity contribution < 1.29 is 13.2 Å². The molecule has 0 amide bonds. The fourth-order valence-corrected chi connectivity index (χ4v) is 4.36. The standard InChI is InChI=1S/C13H18N2O3S/c14-11-3-1-2-10(6-11)9-19(16,17)15-7-12-4-5-13(8-15)18-12/h1-3,6,12-13H,4-5,7-9,14H2. The molecule has 3 rings (SSSR count). The summed E-state index contributed by atoms with van der Waals surface area (Å²) in [4.78, 5) is 0. The third kappa shape index (κ3) is 2.75. The maximum Gasteiger partial charge on any atom is 0.218 e. The summed E-state index contributed by atoms with van der Waals surface area (Å²) in [5.74, 6) is 0.0114. The van der Waals surface area contributed by atoms with Gasteiger partial charge in [-0.2, -0.15) is 4.31 Å². The molecule has 0 aromatic heterocycles. The van der Waals surface area contributed by atoms with E-state index in [1.54, 1.807) is 28.6 Å². The van der Waals surface area contributed by atoms with Crippen molar-refractivity contribution in [3.8, 4) is 0 Å². The van der Waals surface area contributed by atoms with Crippen LogP contribution in [0.4, 0.5) is 5.69 Å². The van der Waals surface area contributed by atoms with Crippen LogP contribution >= 0.6 is 0 Å². The average molecular weight is 282 g/mol. The molecule has 104 valence electrons. The third-order valence-corrected chi connectivity index (χ3v) is 5.49. The van der Waals surface area contributed by atoms with E-state index in [0.717, 1.165) is 18.4 Å². The first-order valence-corrected chi connectivity index (χ1v) is 8.11. The Hall–Kier alpha value is -1.11. The lowest BCUT2D eigenvalue weighted by atomic mass is 10.2. The van der Waals surface area contributed by atoms with Crippen LogP contribution in [0.3, 0.4) is 0 Å². The minimum atomic E-state index is -3.28. The zero-order chi connectivity index (χ0) is 13.5.